The van der Waals surface area contributed by atoms with Crippen molar-refractivity contribution in [2.24, 2.45) is 5.10 Å². The van der Waals surface area contributed by atoms with E-state index in [1.807, 2.05) is 0 Å². The van der Waals surface area contributed by atoms with Gasteiger partial charge in [-0.25, -0.2) is 13.8 Å². The number of non-ortho nitro benzene ring substituents is 1. The molecule has 3 aromatic carbocycles. The second-order valence-corrected chi connectivity index (χ2v) is 8.53. The molecular weight excluding hydrogens is 448 g/mol. The number of nitro groups is 1. The Morgan fingerprint density at radius 1 is 1.09 bits per heavy atom. The van der Waals surface area contributed by atoms with Crippen LogP contribution in [0.4, 0.5) is 11.4 Å². The number of ether oxygens (including phenoxy) is 1. The Hall–Kier alpha value is -4.25. The molecule has 0 saturated carbocycles. The monoisotopic (exact) mass is 468 g/mol. The smallest absolute Gasteiger partial charge is 0.270 e. The van der Waals surface area contributed by atoms with Crippen LogP contribution >= 0.6 is 0 Å². The molecule has 1 N–H and O–H groups in total. The van der Waals surface area contributed by atoms with Gasteiger partial charge in [0.15, 0.2) is 0 Å². The van der Waals surface area contributed by atoms with Crippen LogP contribution in [0.25, 0.3) is 0 Å². The predicted octanol–water partition coefficient (Wildman–Crippen LogP) is 2.95. The van der Waals surface area contributed by atoms with E-state index in [0.717, 1.165) is 4.31 Å². The van der Waals surface area contributed by atoms with Crippen LogP contribution in [0.5, 0.6) is 5.75 Å². The summed E-state index contributed by atoms with van der Waals surface area (Å²) in [4.78, 5) is 22.8. The second-order valence-electron chi connectivity index (χ2n) is 6.67. The van der Waals surface area contributed by atoms with Gasteiger partial charge < -0.3 is 4.74 Å². The average molecular weight is 468 g/mol. The van der Waals surface area contributed by atoms with Gasteiger partial charge in [-0.1, -0.05) is 30.3 Å². The van der Waals surface area contributed by atoms with Crippen molar-refractivity contribution in [2.45, 2.75) is 4.90 Å². The van der Waals surface area contributed by atoms with Crippen molar-refractivity contribution >= 4 is 33.5 Å². The van der Waals surface area contributed by atoms with E-state index in [-0.39, 0.29) is 10.6 Å². The minimum atomic E-state index is -4.08. The van der Waals surface area contributed by atoms with Gasteiger partial charge in [-0.2, -0.15) is 5.10 Å². The van der Waals surface area contributed by atoms with Crippen molar-refractivity contribution in [3.05, 3.63) is 94.5 Å². The first-order valence-electron chi connectivity index (χ1n) is 9.59. The summed E-state index contributed by atoms with van der Waals surface area (Å²) >= 11 is 0. The van der Waals surface area contributed by atoms with Gasteiger partial charge in [0.25, 0.3) is 21.6 Å². The lowest BCUT2D eigenvalue weighted by Gasteiger charge is -2.23. The van der Waals surface area contributed by atoms with Crippen molar-refractivity contribution in [1.82, 2.24) is 5.43 Å². The van der Waals surface area contributed by atoms with Gasteiger partial charge in [0.05, 0.1) is 28.8 Å². The highest BCUT2D eigenvalue weighted by Gasteiger charge is 2.27. The normalized spacial score (nSPS) is 11.2. The summed E-state index contributed by atoms with van der Waals surface area (Å²) in [6, 6.07) is 19.7. The minimum absolute atomic E-state index is 0.0138. The largest absolute Gasteiger partial charge is 0.497 e. The number of hydrogen-bond acceptors (Lipinski definition) is 7. The first kappa shape index (κ1) is 23.4. The summed E-state index contributed by atoms with van der Waals surface area (Å²) in [5.74, 6) is -0.203. The molecule has 3 aromatic rings. The number of methoxy groups -OCH3 is 1. The fourth-order valence-electron chi connectivity index (χ4n) is 2.85. The number of para-hydroxylation sites is 1. The summed E-state index contributed by atoms with van der Waals surface area (Å²) in [6.07, 6.45) is 1.23. The molecule has 0 aliphatic rings. The zero-order chi connectivity index (χ0) is 23.8. The molecular formula is C22H20N4O6S. The molecule has 0 aliphatic carbocycles. The highest BCUT2D eigenvalue weighted by Crippen LogP contribution is 2.24. The maximum atomic E-state index is 13.3. The average Bonchev–Trinajstić information content (AvgIpc) is 2.83. The molecule has 0 heterocycles. The molecule has 170 valence electrons. The van der Waals surface area contributed by atoms with Crippen LogP contribution in [-0.4, -0.2) is 39.1 Å². The lowest BCUT2D eigenvalue weighted by atomic mass is 10.2. The van der Waals surface area contributed by atoms with Gasteiger partial charge in [0.2, 0.25) is 0 Å². The number of carbonyl (C=O) groups is 1. The van der Waals surface area contributed by atoms with E-state index in [2.05, 4.69) is 10.5 Å². The number of carbonyl (C=O) groups excluding carboxylic acids is 1. The Labute approximate surface area is 190 Å². The number of anilines is 1. The Kier molecular flexibility index (Phi) is 7.36. The van der Waals surface area contributed by atoms with Crippen molar-refractivity contribution < 1.29 is 22.9 Å². The molecule has 3 rings (SSSR count). The van der Waals surface area contributed by atoms with Crippen molar-refractivity contribution in [3.63, 3.8) is 0 Å². The quantitative estimate of drug-likeness (QED) is 0.292. The number of nitro benzene ring substituents is 1. The first-order valence-corrected chi connectivity index (χ1v) is 11.0. The second kappa shape index (κ2) is 10.4. The van der Waals surface area contributed by atoms with E-state index >= 15 is 0 Å². The third-order valence-corrected chi connectivity index (χ3v) is 6.25. The van der Waals surface area contributed by atoms with Crippen molar-refractivity contribution in [2.75, 3.05) is 18.0 Å². The molecule has 0 fully saturated rings. The lowest BCUT2D eigenvalue weighted by molar-refractivity contribution is -0.384. The molecule has 0 bridgehead atoms. The van der Waals surface area contributed by atoms with E-state index in [0.29, 0.717) is 17.0 Å². The topological polar surface area (TPSA) is 131 Å². The number of sulfonamides is 1. The van der Waals surface area contributed by atoms with Gasteiger partial charge in [-0.05, 0) is 36.4 Å². The van der Waals surface area contributed by atoms with Gasteiger partial charge in [-0.15, -0.1) is 0 Å². The van der Waals surface area contributed by atoms with E-state index < -0.39 is 27.4 Å². The summed E-state index contributed by atoms with van der Waals surface area (Å²) in [6.45, 7) is -0.537. The number of hydrazone groups is 1. The van der Waals surface area contributed by atoms with Gasteiger partial charge >= 0.3 is 0 Å². The molecule has 0 aromatic heterocycles. The SMILES string of the molecule is COc1ccc(S(=O)(=O)N(CC(=O)N/N=C\c2cccc([N+](=O)[O-])c2)c2ccccc2)cc1. The number of hydrogen-bond donors (Lipinski definition) is 1. The molecule has 33 heavy (non-hydrogen) atoms. The Morgan fingerprint density at radius 3 is 2.42 bits per heavy atom. The van der Waals surface area contributed by atoms with E-state index in [9.17, 15) is 23.3 Å². The zero-order valence-corrected chi connectivity index (χ0v) is 18.3. The number of amides is 1. The third kappa shape index (κ3) is 5.92. The summed E-state index contributed by atoms with van der Waals surface area (Å²) in [7, 11) is -2.61. The van der Waals surface area contributed by atoms with Gasteiger partial charge in [-0.3, -0.25) is 19.2 Å². The fourth-order valence-corrected chi connectivity index (χ4v) is 4.27. The highest BCUT2D eigenvalue weighted by atomic mass is 32.2. The van der Waals surface area contributed by atoms with Crippen LogP contribution in [0.1, 0.15) is 5.56 Å². The Balaban J connectivity index is 1.80. The van der Waals surface area contributed by atoms with Crippen molar-refractivity contribution in [1.29, 1.82) is 0 Å². The number of nitrogens with zero attached hydrogens (tertiary/aromatic N) is 3. The molecule has 1 amide bonds. The molecule has 0 spiro atoms. The fraction of sp³-hybridized carbons (Fsp3) is 0.0909. The molecule has 11 heteroatoms. The zero-order valence-electron chi connectivity index (χ0n) is 17.5. The predicted molar refractivity (Wildman–Crippen MR) is 123 cm³/mol. The van der Waals surface area contributed by atoms with Crippen LogP contribution < -0.4 is 14.5 Å². The highest BCUT2D eigenvalue weighted by molar-refractivity contribution is 7.92. The van der Waals surface area contributed by atoms with Gasteiger partial charge in [0.1, 0.15) is 12.3 Å². The first-order chi connectivity index (χ1) is 15.8. The third-order valence-electron chi connectivity index (χ3n) is 4.46. The summed E-state index contributed by atoms with van der Waals surface area (Å²) < 4.78 is 32.6. The number of nitrogens with one attached hydrogen (secondary N) is 1. The molecule has 0 aliphatic heterocycles. The standard InChI is InChI=1S/C22H20N4O6S/c1-32-20-10-12-21(13-11-20)33(30,31)25(18-7-3-2-4-8-18)16-22(27)24-23-15-17-6-5-9-19(14-17)26(28)29/h2-15H,16H2,1H3,(H,24,27)/b23-15-. The van der Waals surface area contributed by atoms with Crippen molar-refractivity contribution in [3.8, 4) is 5.75 Å². The maximum absolute atomic E-state index is 13.3. The molecule has 0 atom stereocenters. The van der Waals surface area contributed by atoms with E-state index in [1.165, 1.54) is 55.8 Å². The summed E-state index contributed by atoms with van der Waals surface area (Å²) in [5.41, 5.74) is 2.83. The summed E-state index contributed by atoms with van der Waals surface area (Å²) in [5, 5.41) is 14.6. The van der Waals surface area contributed by atoms with E-state index in [1.54, 1.807) is 36.4 Å². The molecule has 0 unspecified atom stereocenters. The molecule has 0 radical (unpaired) electrons. The Morgan fingerprint density at radius 2 is 1.79 bits per heavy atom. The lowest BCUT2D eigenvalue weighted by Crippen LogP contribution is -2.39. The molecule has 0 saturated heterocycles. The van der Waals surface area contributed by atoms with E-state index in [4.69, 9.17) is 4.74 Å². The number of rotatable bonds is 9. The van der Waals surface area contributed by atoms with Gasteiger partial charge in [0, 0.05) is 17.7 Å². The maximum Gasteiger partial charge on any atom is 0.270 e. The van der Waals surface area contributed by atoms with Crippen LogP contribution in [0.2, 0.25) is 0 Å². The van der Waals surface area contributed by atoms with Crippen LogP contribution in [0, 0.1) is 10.1 Å². The Bertz CT molecular complexity index is 1260. The molecule has 10 nitrogen and oxygen atoms in total. The number of benzene rings is 3. The van der Waals surface area contributed by atoms with Crippen LogP contribution in [0.3, 0.4) is 0 Å². The van der Waals surface area contributed by atoms with Crippen LogP contribution in [-0.2, 0) is 14.8 Å². The van der Waals surface area contributed by atoms with Crippen LogP contribution in [0.15, 0.2) is 88.9 Å². The minimum Gasteiger partial charge on any atom is -0.497 e.